The van der Waals surface area contributed by atoms with Gasteiger partial charge in [0.1, 0.15) is 0 Å². The topological polar surface area (TPSA) is 47.9 Å². The van der Waals surface area contributed by atoms with E-state index in [4.69, 9.17) is 9.57 Å². The molecule has 0 amide bonds. The van der Waals surface area contributed by atoms with Crippen molar-refractivity contribution in [2.45, 2.75) is 63.9 Å². The average molecular weight is 392 g/mol. The van der Waals surface area contributed by atoms with Gasteiger partial charge in [-0.25, -0.2) is 4.79 Å². The molecule has 2 aliphatic rings. The third-order valence-electron chi connectivity index (χ3n) is 6.56. The Hall–Kier alpha value is -2.62. The van der Waals surface area contributed by atoms with E-state index in [0.29, 0.717) is 5.56 Å². The molecule has 2 aromatic carbocycles. The highest BCUT2D eigenvalue weighted by Crippen LogP contribution is 2.47. The van der Waals surface area contributed by atoms with Crippen LogP contribution in [0.4, 0.5) is 0 Å². The Labute approximate surface area is 172 Å². The molecule has 1 atom stereocenters. The van der Waals surface area contributed by atoms with E-state index in [2.05, 4.69) is 51.0 Å². The zero-order chi connectivity index (χ0) is 20.8. The summed E-state index contributed by atoms with van der Waals surface area (Å²) in [5.41, 5.74) is 6.87. The number of hydrogen-bond acceptors (Lipinski definition) is 4. The highest BCUT2D eigenvalue weighted by Gasteiger charge is 2.37. The number of oxime groups is 1. The Morgan fingerprint density at radius 2 is 1.66 bits per heavy atom. The predicted molar refractivity (Wildman–Crippen MR) is 114 cm³/mol. The number of nitrogens with zero attached hydrogens (tertiary/aromatic N) is 1. The van der Waals surface area contributed by atoms with Gasteiger partial charge in [0, 0.05) is 6.42 Å². The lowest BCUT2D eigenvalue weighted by molar-refractivity contribution is 0.0600. The van der Waals surface area contributed by atoms with Crippen molar-refractivity contribution in [2.24, 2.45) is 5.16 Å². The van der Waals surface area contributed by atoms with Crippen LogP contribution in [0.5, 0.6) is 0 Å². The molecule has 29 heavy (non-hydrogen) atoms. The van der Waals surface area contributed by atoms with E-state index in [1.807, 2.05) is 12.1 Å². The molecule has 4 heteroatoms. The molecule has 1 aliphatic heterocycles. The van der Waals surface area contributed by atoms with E-state index in [1.165, 1.54) is 36.6 Å². The minimum absolute atomic E-state index is 0.0728. The summed E-state index contributed by atoms with van der Waals surface area (Å²) >= 11 is 0. The van der Waals surface area contributed by atoms with Crippen LogP contribution in [0.25, 0.3) is 0 Å². The molecule has 0 saturated carbocycles. The third kappa shape index (κ3) is 3.57. The number of rotatable bonds is 3. The zero-order valence-electron chi connectivity index (χ0n) is 17.9. The van der Waals surface area contributed by atoms with Crippen molar-refractivity contribution < 1.29 is 14.4 Å². The van der Waals surface area contributed by atoms with Crippen molar-refractivity contribution in [3.63, 3.8) is 0 Å². The maximum absolute atomic E-state index is 11.6. The molecule has 0 spiro atoms. The van der Waals surface area contributed by atoms with Crippen molar-refractivity contribution in [3.05, 3.63) is 70.3 Å². The molecule has 0 fully saturated rings. The number of hydrogen-bond donors (Lipinski definition) is 0. The minimum atomic E-state index is -0.335. The average Bonchev–Trinajstić information content (AvgIpc) is 3.21. The van der Waals surface area contributed by atoms with Crippen LogP contribution < -0.4 is 0 Å². The third-order valence-corrected chi connectivity index (χ3v) is 6.56. The zero-order valence-corrected chi connectivity index (χ0v) is 17.9. The fourth-order valence-corrected chi connectivity index (χ4v) is 4.45. The van der Waals surface area contributed by atoms with E-state index in [-0.39, 0.29) is 22.9 Å². The van der Waals surface area contributed by atoms with Gasteiger partial charge in [-0.1, -0.05) is 63.2 Å². The summed E-state index contributed by atoms with van der Waals surface area (Å²) < 4.78 is 4.76. The molecule has 0 radical (unpaired) electrons. The fourth-order valence-electron chi connectivity index (χ4n) is 4.45. The number of ether oxygens (including phenoxy) is 1. The summed E-state index contributed by atoms with van der Waals surface area (Å²) in [5.74, 6) is -0.335. The molecule has 0 saturated heterocycles. The summed E-state index contributed by atoms with van der Waals surface area (Å²) in [7, 11) is 1.39. The van der Waals surface area contributed by atoms with E-state index in [0.717, 1.165) is 17.7 Å². The van der Waals surface area contributed by atoms with Crippen molar-refractivity contribution >= 4 is 11.7 Å². The summed E-state index contributed by atoms with van der Waals surface area (Å²) in [6.45, 7) is 9.36. The van der Waals surface area contributed by atoms with Crippen molar-refractivity contribution in [2.75, 3.05) is 7.11 Å². The first kappa shape index (κ1) is 19.7. The summed E-state index contributed by atoms with van der Waals surface area (Å²) in [6, 6.07) is 14.1. The highest BCUT2D eigenvalue weighted by atomic mass is 16.6. The second-order valence-corrected chi connectivity index (χ2v) is 9.48. The van der Waals surface area contributed by atoms with Gasteiger partial charge in [0.2, 0.25) is 0 Å². The summed E-state index contributed by atoms with van der Waals surface area (Å²) in [6.07, 6.45) is 3.05. The molecule has 0 N–H and O–H groups in total. The van der Waals surface area contributed by atoms with Gasteiger partial charge < -0.3 is 9.57 Å². The van der Waals surface area contributed by atoms with Crippen LogP contribution in [-0.2, 0) is 20.4 Å². The number of carbonyl (C=O) groups is 1. The largest absolute Gasteiger partial charge is 0.465 e. The Morgan fingerprint density at radius 1 is 1.00 bits per heavy atom. The van der Waals surface area contributed by atoms with Gasteiger partial charge in [0.05, 0.1) is 18.4 Å². The lowest BCUT2D eigenvalue weighted by Crippen LogP contribution is -2.34. The number of carbonyl (C=O) groups excluding carboxylic acids is 1. The molecule has 1 unspecified atom stereocenters. The second-order valence-electron chi connectivity index (χ2n) is 9.48. The van der Waals surface area contributed by atoms with Crippen LogP contribution in [0, 0.1) is 0 Å². The van der Waals surface area contributed by atoms with E-state index < -0.39 is 0 Å². The van der Waals surface area contributed by atoms with Gasteiger partial charge in [-0.05, 0) is 58.1 Å². The van der Waals surface area contributed by atoms with Crippen LogP contribution >= 0.6 is 0 Å². The molecule has 152 valence electrons. The number of methoxy groups -OCH3 is 1. The first-order valence-corrected chi connectivity index (χ1v) is 10.3. The molecular weight excluding hydrogens is 362 g/mol. The Bertz CT molecular complexity index is 970. The Balaban J connectivity index is 1.56. The first-order valence-electron chi connectivity index (χ1n) is 10.3. The number of benzene rings is 2. The SMILES string of the molecule is COC(=O)c1ccc(C2=NOC(c3ccc4c(c3)C(C)(C)CCC4(C)C)C2)cc1. The quantitative estimate of drug-likeness (QED) is 0.632. The smallest absolute Gasteiger partial charge is 0.337 e. The van der Waals surface area contributed by atoms with E-state index >= 15 is 0 Å². The number of esters is 1. The van der Waals surface area contributed by atoms with E-state index in [1.54, 1.807) is 12.1 Å². The molecule has 0 aromatic heterocycles. The lowest BCUT2D eigenvalue weighted by atomic mass is 9.63. The van der Waals surface area contributed by atoms with Crippen LogP contribution in [-0.4, -0.2) is 18.8 Å². The molecule has 0 bridgehead atoms. The van der Waals surface area contributed by atoms with Gasteiger partial charge in [-0.3, -0.25) is 0 Å². The van der Waals surface area contributed by atoms with Gasteiger partial charge in [0.15, 0.2) is 6.10 Å². The van der Waals surface area contributed by atoms with Crippen LogP contribution in [0.2, 0.25) is 0 Å². The van der Waals surface area contributed by atoms with Gasteiger partial charge in [0.25, 0.3) is 0 Å². The van der Waals surface area contributed by atoms with Crippen molar-refractivity contribution in [1.82, 2.24) is 0 Å². The van der Waals surface area contributed by atoms with Crippen molar-refractivity contribution in [1.29, 1.82) is 0 Å². The molecule has 4 nitrogen and oxygen atoms in total. The van der Waals surface area contributed by atoms with Crippen LogP contribution in [0.15, 0.2) is 47.6 Å². The molecule has 4 rings (SSSR count). The maximum Gasteiger partial charge on any atom is 0.337 e. The molecule has 1 aliphatic carbocycles. The first-order chi connectivity index (χ1) is 13.7. The van der Waals surface area contributed by atoms with Gasteiger partial charge in [-0.2, -0.15) is 0 Å². The Kier molecular flexibility index (Phi) is 4.76. The molecule has 2 aromatic rings. The summed E-state index contributed by atoms with van der Waals surface area (Å²) in [5, 5.41) is 4.34. The van der Waals surface area contributed by atoms with E-state index in [9.17, 15) is 4.79 Å². The van der Waals surface area contributed by atoms with Gasteiger partial charge >= 0.3 is 5.97 Å². The molecule has 1 heterocycles. The molecular formula is C25H29NO3. The van der Waals surface area contributed by atoms with Crippen molar-refractivity contribution in [3.8, 4) is 0 Å². The summed E-state index contributed by atoms with van der Waals surface area (Å²) in [4.78, 5) is 17.4. The normalized spacial score (nSPS) is 21.7. The maximum atomic E-state index is 11.6. The van der Waals surface area contributed by atoms with Crippen LogP contribution in [0.1, 0.15) is 85.7 Å². The lowest BCUT2D eigenvalue weighted by Gasteiger charge is -2.42. The van der Waals surface area contributed by atoms with Crippen LogP contribution in [0.3, 0.4) is 0 Å². The Morgan fingerprint density at radius 3 is 2.31 bits per heavy atom. The fraction of sp³-hybridized carbons (Fsp3) is 0.440. The predicted octanol–water partition coefficient (Wildman–Crippen LogP) is 5.69. The minimum Gasteiger partial charge on any atom is -0.465 e. The standard InChI is InChI=1S/C25H29NO3/c1-24(2)12-13-25(3,4)20-14-18(10-11-19(20)24)22-15-21(26-29-22)16-6-8-17(9-7-16)23(27)28-5/h6-11,14,22H,12-13,15H2,1-5H3. The van der Waals surface area contributed by atoms with Gasteiger partial charge in [-0.15, -0.1) is 0 Å². The number of fused-ring (bicyclic) bond motifs is 1. The highest BCUT2D eigenvalue weighted by molar-refractivity contribution is 6.02. The second kappa shape index (κ2) is 7.01. The monoisotopic (exact) mass is 391 g/mol.